The van der Waals surface area contributed by atoms with E-state index in [1.165, 1.54) is 11.3 Å². The minimum absolute atomic E-state index is 0.178. The maximum Gasteiger partial charge on any atom is 0.267 e. The molecular weight excluding hydrogens is 404 g/mol. The van der Waals surface area contributed by atoms with E-state index < -0.39 is 0 Å². The van der Waals surface area contributed by atoms with Gasteiger partial charge in [-0.15, -0.1) is 11.3 Å². The highest BCUT2D eigenvalue weighted by Crippen LogP contribution is 2.35. The van der Waals surface area contributed by atoms with Gasteiger partial charge in [0.25, 0.3) is 11.8 Å². The van der Waals surface area contributed by atoms with E-state index in [2.05, 4.69) is 10.6 Å². The highest BCUT2D eigenvalue weighted by atomic mass is 35.5. The second kappa shape index (κ2) is 8.07. The van der Waals surface area contributed by atoms with E-state index in [9.17, 15) is 9.59 Å². The van der Waals surface area contributed by atoms with Crippen LogP contribution in [0.15, 0.2) is 72.8 Å². The molecule has 4 rings (SSSR count). The van der Waals surface area contributed by atoms with E-state index in [0.29, 0.717) is 26.8 Å². The molecule has 0 aliphatic rings. The van der Waals surface area contributed by atoms with Crippen molar-refractivity contribution in [3.8, 4) is 0 Å². The number of hydrogen-bond acceptors (Lipinski definition) is 3. The van der Waals surface area contributed by atoms with Gasteiger partial charge in [-0.1, -0.05) is 47.5 Å². The lowest BCUT2D eigenvalue weighted by atomic mass is 10.1. The predicted octanol–water partition coefficient (Wildman–Crippen LogP) is 6.37. The van der Waals surface area contributed by atoms with Crippen LogP contribution in [0.3, 0.4) is 0 Å². The Morgan fingerprint density at radius 1 is 0.828 bits per heavy atom. The first kappa shape index (κ1) is 19.2. The number of carbonyl (C=O) groups excluding carboxylic acids is 2. The summed E-state index contributed by atoms with van der Waals surface area (Å²) in [6.45, 7) is 1.94. The molecule has 0 bridgehead atoms. The molecule has 1 aromatic heterocycles. The van der Waals surface area contributed by atoms with Crippen LogP contribution in [0.4, 0.5) is 11.4 Å². The zero-order valence-corrected chi connectivity index (χ0v) is 17.1. The van der Waals surface area contributed by atoms with Gasteiger partial charge in [-0.3, -0.25) is 9.59 Å². The summed E-state index contributed by atoms with van der Waals surface area (Å²) in [5.74, 6) is -0.435. The van der Waals surface area contributed by atoms with Crippen LogP contribution in [0.1, 0.15) is 25.6 Å². The zero-order chi connectivity index (χ0) is 20.4. The van der Waals surface area contributed by atoms with E-state index in [1.54, 1.807) is 30.3 Å². The van der Waals surface area contributed by atoms with E-state index in [4.69, 9.17) is 11.6 Å². The molecule has 4 nitrogen and oxygen atoms in total. The molecule has 0 atom stereocenters. The number of rotatable bonds is 4. The van der Waals surface area contributed by atoms with E-state index >= 15 is 0 Å². The number of thiophene rings is 1. The van der Waals surface area contributed by atoms with Crippen LogP contribution in [0, 0.1) is 6.92 Å². The minimum atomic E-state index is -0.257. The number of halogens is 1. The van der Waals surface area contributed by atoms with Crippen molar-refractivity contribution in [2.75, 3.05) is 10.6 Å². The largest absolute Gasteiger partial charge is 0.322 e. The summed E-state index contributed by atoms with van der Waals surface area (Å²) in [6.07, 6.45) is 0. The van der Waals surface area contributed by atoms with Crippen LogP contribution in [-0.4, -0.2) is 11.8 Å². The van der Waals surface area contributed by atoms with Gasteiger partial charge in [-0.25, -0.2) is 0 Å². The molecule has 3 aromatic carbocycles. The maximum absolute atomic E-state index is 12.6. The third kappa shape index (κ3) is 4.16. The summed E-state index contributed by atoms with van der Waals surface area (Å²) in [5.41, 5.74) is 2.89. The Labute approximate surface area is 177 Å². The second-order valence-electron chi connectivity index (χ2n) is 6.60. The van der Waals surface area contributed by atoms with Crippen LogP contribution in [-0.2, 0) is 0 Å². The van der Waals surface area contributed by atoms with Gasteiger partial charge in [0, 0.05) is 27.0 Å². The predicted molar refractivity (Wildman–Crippen MR) is 120 cm³/mol. The molecule has 2 amide bonds. The van der Waals surface area contributed by atoms with Gasteiger partial charge in [0.2, 0.25) is 0 Å². The molecule has 1 heterocycles. The molecule has 0 radical (unpaired) electrons. The summed E-state index contributed by atoms with van der Waals surface area (Å²) in [7, 11) is 0. The van der Waals surface area contributed by atoms with E-state index in [1.807, 2.05) is 49.4 Å². The summed E-state index contributed by atoms with van der Waals surface area (Å²) < 4.78 is 0.969. The fraction of sp³-hybridized carbons (Fsp3) is 0.0435. The van der Waals surface area contributed by atoms with E-state index in [0.717, 1.165) is 15.6 Å². The minimum Gasteiger partial charge on any atom is -0.322 e. The van der Waals surface area contributed by atoms with Crippen LogP contribution < -0.4 is 10.6 Å². The molecule has 0 saturated carbocycles. The van der Waals surface area contributed by atoms with Gasteiger partial charge in [-0.2, -0.15) is 0 Å². The summed E-state index contributed by atoms with van der Waals surface area (Å²) in [4.78, 5) is 25.4. The highest BCUT2D eigenvalue weighted by Gasteiger charge is 2.17. The monoisotopic (exact) mass is 420 g/mol. The number of aryl methyl sites for hydroxylation is 1. The Morgan fingerprint density at radius 2 is 1.48 bits per heavy atom. The molecule has 0 fully saturated rings. The third-order valence-electron chi connectivity index (χ3n) is 4.42. The van der Waals surface area contributed by atoms with Crippen LogP contribution in [0.25, 0.3) is 10.1 Å². The van der Waals surface area contributed by atoms with Gasteiger partial charge in [0.05, 0.1) is 5.02 Å². The van der Waals surface area contributed by atoms with Gasteiger partial charge >= 0.3 is 0 Å². The average molecular weight is 421 g/mol. The Bertz CT molecular complexity index is 1220. The quantitative estimate of drug-likeness (QED) is 0.403. The molecular formula is C23H17ClN2O2S. The number of amides is 2. The molecule has 0 aliphatic carbocycles. The topological polar surface area (TPSA) is 58.2 Å². The number of nitrogens with one attached hydrogen (secondary N) is 2. The first-order valence-electron chi connectivity index (χ1n) is 8.98. The van der Waals surface area contributed by atoms with Crippen molar-refractivity contribution in [3.63, 3.8) is 0 Å². The average Bonchev–Trinajstić information content (AvgIpc) is 3.06. The van der Waals surface area contributed by atoms with Crippen molar-refractivity contribution in [2.45, 2.75) is 6.92 Å². The molecule has 2 N–H and O–H groups in total. The Kier molecular flexibility index (Phi) is 5.34. The Hall–Kier alpha value is -3.15. The van der Waals surface area contributed by atoms with Gasteiger partial charge < -0.3 is 10.6 Å². The normalized spacial score (nSPS) is 10.7. The van der Waals surface area contributed by atoms with Crippen LogP contribution in [0.2, 0.25) is 5.02 Å². The van der Waals surface area contributed by atoms with Crippen molar-refractivity contribution in [2.24, 2.45) is 0 Å². The lowest BCUT2D eigenvalue weighted by Gasteiger charge is -2.08. The molecule has 6 heteroatoms. The summed E-state index contributed by atoms with van der Waals surface area (Å²) in [5, 5.41) is 7.04. The zero-order valence-electron chi connectivity index (χ0n) is 15.5. The van der Waals surface area contributed by atoms with Crippen molar-refractivity contribution in [1.82, 2.24) is 0 Å². The van der Waals surface area contributed by atoms with Crippen molar-refractivity contribution in [3.05, 3.63) is 93.8 Å². The molecule has 144 valence electrons. The number of carbonyl (C=O) groups is 2. The summed E-state index contributed by atoms with van der Waals surface area (Å²) >= 11 is 7.73. The first-order valence-corrected chi connectivity index (χ1v) is 10.2. The Balaban J connectivity index is 1.45. The molecule has 4 aromatic rings. The molecule has 0 saturated heterocycles. The third-order valence-corrected chi connectivity index (χ3v) is 6.10. The second-order valence-corrected chi connectivity index (χ2v) is 8.03. The fourth-order valence-corrected chi connectivity index (χ4v) is 4.39. The van der Waals surface area contributed by atoms with Crippen molar-refractivity contribution < 1.29 is 9.59 Å². The van der Waals surface area contributed by atoms with Gasteiger partial charge in [0.1, 0.15) is 4.88 Å². The van der Waals surface area contributed by atoms with Gasteiger partial charge in [0.15, 0.2) is 0 Å². The number of fused-ring (bicyclic) bond motifs is 1. The molecule has 0 unspecified atom stereocenters. The lowest BCUT2D eigenvalue weighted by Crippen LogP contribution is -2.13. The Morgan fingerprint density at radius 3 is 2.14 bits per heavy atom. The van der Waals surface area contributed by atoms with Crippen LogP contribution in [0.5, 0.6) is 0 Å². The van der Waals surface area contributed by atoms with E-state index in [-0.39, 0.29) is 11.8 Å². The number of anilines is 2. The highest BCUT2D eigenvalue weighted by molar-refractivity contribution is 7.21. The molecule has 0 aliphatic heterocycles. The smallest absolute Gasteiger partial charge is 0.267 e. The first-order chi connectivity index (χ1) is 14.0. The number of hydrogen-bond donors (Lipinski definition) is 2. The lowest BCUT2D eigenvalue weighted by molar-refractivity contribution is 0.102. The molecule has 29 heavy (non-hydrogen) atoms. The SMILES string of the molecule is Cc1cccc(C(=O)Nc2ccc(NC(=O)c3sc4ccccc4c3Cl)cc2)c1. The number of benzene rings is 3. The molecule has 0 spiro atoms. The standard InChI is InChI=1S/C23H17ClN2O2S/c1-14-5-4-6-15(13-14)22(27)25-16-9-11-17(12-10-16)26-23(28)21-20(24)18-7-2-3-8-19(18)29-21/h2-13H,1H3,(H,25,27)(H,26,28). The van der Waals surface area contributed by atoms with Crippen LogP contribution >= 0.6 is 22.9 Å². The fourth-order valence-electron chi connectivity index (χ4n) is 2.97. The summed E-state index contributed by atoms with van der Waals surface area (Å²) in [6, 6.07) is 22.0. The van der Waals surface area contributed by atoms with Crippen molar-refractivity contribution >= 4 is 56.2 Å². The maximum atomic E-state index is 12.6. The van der Waals surface area contributed by atoms with Gasteiger partial charge in [-0.05, 0) is 49.4 Å². The van der Waals surface area contributed by atoms with Crippen molar-refractivity contribution in [1.29, 1.82) is 0 Å².